The van der Waals surface area contributed by atoms with Crippen molar-refractivity contribution in [1.29, 1.82) is 0 Å². The van der Waals surface area contributed by atoms with Crippen LogP contribution in [0.3, 0.4) is 0 Å². The summed E-state index contributed by atoms with van der Waals surface area (Å²) in [6.07, 6.45) is 8.98. The molecule has 0 heterocycles. The van der Waals surface area contributed by atoms with Crippen LogP contribution in [0.2, 0.25) is 0 Å². The Kier molecular flexibility index (Phi) is 11.3. The lowest BCUT2D eigenvalue weighted by molar-refractivity contribution is -0.0981. The van der Waals surface area contributed by atoms with Crippen LogP contribution >= 0.6 is 0 Å². The Bertz CT molecular complexity index is 1600. The Morgan fingerprint density at radius 2 is 1.40 bits per heavy atom. The maximum absolute atomic E-state index is 13.1. The summed E-state index contributed by atoms with van der Waals surface area (Å²) in [6, 6.07) is 23.9. The number of ether oxygens (including phenoxy) is 1. The summed E-state index contributed by atoms with van der Waals surface area (Å²) in [5.74, 6) is 6.43. The van der Waals surface area contributed by atoms with Crippen molar-refractivity contribution in [2.24, 2.45) is 0 Å². The van der Waals surface area contributed by atoms with Gasteiger partial charge >= 0.3 is 0 Å². The summed E-state index contributed by atoms with van der Waals surface area (Å²) in [6.45, 7) is 3.87. The predicted molar refractivity (Wildman–Crippen MR) is 168 cm³/mol. The number of aliphatic hydroxyl groups is 2. The molecule has 0 atom stereocenters. The summed E-state index contributed by atoms with van der Waals surface area (Å²) < 4.78 is 31.5. The van der Waals surface area contributed by atoms with Gasteiger partial charge in [-0.25, -0.2) is 8.42 Å². The summed E-state index contributed by atoms with van der Waals surface area (Å²) in [7, 11) is -3.54. The molecular formula is C36H36O5S. The minimum absolute atomic E-state index is 0.162. The van der Waals surface area contributed by atoms with Gasteiger partial charge in [0.2, 0.25) is 0 Å². The lowest BCUT2D eigenvalue weighted by Crippen LogP contribution is -2.13. The third-order valence-corrected chi connectivity index (χ3v) is 8.42. The van der Waals surface area contributed by atoms with Gasteiger partial charge in [-0.15, -0.1) is 6.58 Å². The van der Waals surface area contributed by atoms with Crippen molar-refractivity contribution in [3.8, 4) is 11.8 Å². The summed E-state index contributed by atoms with van der Waals surface area (Å²) in [5.41, 5.74) is 6.75. The van der Waals surface area contributed by atoms with Gasteiger partial charge in [0.25, 0.3) is 0 Å². The SMILES string of the molecule is C=CCCc1ccc(C#Cc2ccc(C/C(=C\S(=O)(=O)C3=CC=CC3)Cc3ccc(COCC(O)O)cc3)cc2)cc1. The molecule has 4 rings (SSSR count). The monoisotopic (exact) mass is 580 g/mol. The van der Waals surface area contributed by atoms with E-state index in [1.807, 2.05) is 72.8 Å². The minimum Gasteiger partial charge on any atom is -0.372 e. The Balaban J connectivity index is 1.47. The first-order chi connectivity index (χ1) is 20.3. The van der Waals surface area contributed by atoms with Gasteiger partial charge in [0.1, 0.15) is 0 Å². The first-order valence-corrected chi connectivity index (χ1v) is 15.5. The molecule has 0 amide bonds. The molecule has 0 saturated carbocycles. The van der Waals surface area contributed by atoms with Crippen LogP contribution in [0.1, 0.15) is 46.2 Å². The minimum atomic E-state index is -3.54. The summed E-state index contributed by atoms with van der Waals surface area (Å²) >= 11 is 0. The van der Waals surface area contributed by atoms with Crippen LogP contribution in [0.25, 0.3) is 0 Å². The van der Waals surface area contributed by atoms with E-state index < -0.39 is 16.1 Å². The summed E-state index contributed by atoms with van der Waals surface area (Å²) in [4.78, 5) is 0.401. The topological polar surface area (TPSA) is 83.8 Å². The van der Waals surface area contributed by atoms with E-state index in [2.05, 4.69) is 30.6 Å². The van der Waals surface area contributed by atoms with E-state index in [9.17, 15) is 8.42 Å². The molecule has 0 aliphatic heterocycles. The van der Waals surface area contributed by atoms with E-state index >= 15 is 0 Å². The highest BCUT2D eigenvalue weighted by Gasteiger charge is 2.17. The third-order valence-electron chi connectivity index (χ3n) is 6.74. The van der Waals surface area contributed by atoms with Crippen molar-refractivity contribution in [3.63, 3.8) is 0 Å². The average Bonchev–Trinajstić information content (AvgIpc) is 3.53. The van der Waals surface area contributed by atoms with Gasteiger partial charge in [0.15, 0.2) is 16.1 Å². The van der Waals surface area contributed by atoms with Gasteiger partial charge in [-0.1, -0.05) is 78.6 Å². The van der Waals surface area contributed by atoms with E-state index in [0.29, 0.717) is 24.2 Å². The van der Waals surface area contributed by atoms with E-state index in [0.717, 1.165) is 46.2 Å². The fourth-order valence-electron chi connectivity index (χ4n) is 4.51. The fraction of sp³-hybridized carbons (Fsp3) is 0.222. The molecule has 1 aliphatic carbocycles. The zero-order valence-electron chi connectivity index (χ0n) is 23.6. The first kappa shape index (κ1) is 31.0. The van der Waals surface area contributed by atoms with E-state index in [-0.39, 0.29) is 13.2 Å². The Hall–Kier alpha value is -3.99. The van der Waals surface area contributed by atoms with Crippen molar-refractivity contribution < 1.29 is 23.4 Å². The molecule has 1 aliphatic rings. The average molecular weight is 581 g/mol. The van der Waals surface area contributed by atoms with Crippen LogP contribution in [-0.2, 0) is 40.4 Å². The molecule has 2 N–H and O–H groups in total. The molecule has 3 aromatic carbocycles. The number of benzene rings is 3. The quantitative estimate of drug-likeness (QED) is 0.148. The molecular weight excluding hydrogens is 544 g/mol. The summed E-state index contributed by atoms with van der Waals surface area (Å²) in [5, 5.41) is 19.3. The van der Waals surface area contributed by atoms with Crippen LogP contribution in [0, 0.1) is 11.8 Å². The van der Waals surface area contributed by atoms with Crippen LogP contribution in [0.4, 0.5) is 0 Å². The third kappa shape index (κ3) is 9.83. The number of allylic oxidation sites excluding steroid dienone is 6. The Labute approximate surface area is 249 Å². The second-order valence-corrected chi connectivity index (χ2v) is 12.1. The highest BCUT2D eigenvalue weighted by molar-refractivity contribution is 7.98. The molecule has 0 bridgehead atoms. The van der Waals surface area contributed by atoms with Gasteiger partial charge in [-0.3, -0.25) is 0 Å². The van der Waals surface area contributed by atoms with Crippen LogP contribution in [0.5, 0.6) is 0 Å². The lowest BCUT2D eigenvalue weighted by atomic mass is 9.98. The van der Waals surface area contributed by atoms with Gasteiger partial charge < -0.3 is 14.9 Å². The normalized spacial score (nSPS) is 13.1. The first-order valence-electron chi connectivity index (χ1n) is 13.9. The number of rotatable bonds is 13. The predicted octanol–water partition coefficient (Wildman–Crippen LogP) is 5.96. The number of hydrogen-bond donors (Lipinski definition) is 2. The number of sulfone groups is 1. The maximum Gasteiger partial charge on any atom is 0.196 e. The van der Waals surface area contributed by atoms with Crippen molar-refractivity contribution >= 4 is 9.84 Å². The second-order valence-electron chi connectivity index (χ2n) is 10.2. The molecule has 216 valence electrons. The van der Waals surface area contributed by atoms with Gasteiger partial charge in [-0.2, -0.15) is 0 Å². The number of aliphatic hydroxyl groups excluding tert-OH is 1. The van der Waals surface area contributed by atoms with E-state index in [1.54, 1.807) is 12.2 Å². The van der Waals surface area contributed by atoms with Crippen molar-refractivity contribution in [2.45, 2.75) is 45.0 Å². The fourth-order valence-corrected chi connectivity index (χ4v) is 5.87. The van der Waals surface area contributed by atoms with Crippen molar-refractivity contribution in [1.82, 2.24) is 0 Å². The molecule has 5 nitrogen and oxygen atoms in total. The number of aryl methyl sites for hydroxylation is 1. The number of hydrogen-bond acceptors (Lipinski definition) is 5. The molecule has 0 radical (unpaired) electrons. The zero-order valence-corrected chi connectivity index (χ0v) is 24.4. The smallest absolute Gasteiger partial charge is 0.196 e. The van der Waals surface area contributed by atoms with Crippen LogP contribution < -0.4 is 0 Å². The van der Waals surface area contributed by atoms with Gasteiger partial charge in [-0.05, 0) is 83.9 Å². The molecule has 3 aromatic rings. The molecule has 6 heteroatoms. The molecule has 42 heavy (non-hydrogen) atoms. The molecule has 0 aromatic heterocycles. The van der Waals surface area contributed by atoms with E-state index in [1.165, 1.54) is 11.0 Å². The maximum atomic E-state index is 13.1. The second kappa shape index (κ2) is 15.3. The van der Waals surface area contributed by atoms with Crippen molar-refractivity contribution in [2.75, 3.05) is 6.61 Å². The van der Waals surface area contributed by atoms with Crippen LogP contribution in [0.15, 0.2) is 120 Å². The molecule has 0 fully saturated rings. The molecule has 0 spiro atoms. The highest BCUT2D eigenvalue weighted by atomic mass is 32.2. The Morgan fingerprint density at radius 1 is 0.857 bits per heavy atom. The van der Waals surface area contributed by atoms with E-state index in [4.69, 9.17) is 14.9 Å². The molecule has 0 saturated heterocycles. The highest BCUT2D eigenvalue weighted by Crippen LogP contribution is 2.24. The standard InChI is InChI=1S/C36H36O5S/c1-2-3-6-28-9-11-29(12-10-28)13-14-30-15-17-31(18-16-30)23-34(27-42(39,40)35-7-4-5-8-35)24-32-19-21-33(22-20-32)25-41-26-36(37)38/h2,4-5,7,9-12,15-22,27,36-38H,1,3,6,8,23-26H2/b34-27+. The van der Waals surface area contributed by atoms with Crippen LogP contribution in [-0.4, -0.2) is 31.5 Å². The molecule has 0 unspecified atom stereocenters. The van der Waals surface area contributed by atoms with Gasteiger partial charge in [0.05, 0.1) is 18.1 Å². The van der Waals surface area contributed by atoms with Crippen molar-refractivity contribution in [3.05, 3.63) is 153 Å². The largest absolute Gasteiger partial charge is 0.372 e. The lowest BCUT2D eigenvalue weighted by Gasteiger charge is -2.11. The Morgan fingerprint density at radius 3 is 1.93 bits per heavy atom. The van der Waals surface area contributed by atoms with Gasteiger partial charge in [0, 0.05) is 23.0 Å². The zero-order chi connectivity index (χ0) is 29.8.